The molecule has 0 aromatic carbocycles. The number of hydrogen-bond acceptors (Lipinski definition) is 3. The zero-order chi connectivity index (χ0) is 10.5. The van der Waals surface area contributed by atoms with Gasteiger partial charge in [-0.3, -0.25) is 0 Å². The molecule has 0 bridgehead atoms. The number of hydrogen-bond donors (Lipinski definition) is 1. The number of carbonyl (C=O) groups is 1. The highest BCUT2D eigenvalue weighted by Crippen LogP contribution is 2.02. The molecule has 0 spiro atoms. The smallest absolute Gasteiger partial charge is 0.136 e. The maximum Gasteiger partial charge on any atom is 0.136 e. The van der Waals surface area contributed by atoms with E-state index in [0.717, 1.165) is 19.3 Å². The van der Waals surface area contributed by atoms with E-state index in [4.69, 9.17) is 0 Å². The van der Waals surface area contributed by atoms with E-state index in [1.165, 1.54) is 0 Å². The highest BCUT2D eigenvalue weighted by Gasteiger charge is 2.16. The van der Waals surface area contributed by atoms with Crippen molar-refractivity contribution < 1.29 is 4.79 Å². The molecule has 0 aromatic rings. The minimum Gasteiger partial charge on any atom is -0.309 e. The van der Waals surface area contributed by atoms with Gasteiger partial charge in [-0.15, -0.1) is 0 Å². The molecule has 0 radical (unpaired) electrons. The summed E-state index contributed by atoms with van der Waals surface area (Å²) in [7, 11) is 4.03. The first kappa shape index (κ1) is 12.6. The Labute approximate surface area is 81.5 Å². The Hall–Kier alpha value is -0.410. The molecule has 0 amide bonds. The molecule has 0 aliphatic carbocycles. The van der Waals surface area contributed by atoms with Gasteiger partial charge >= 0.3 is 0 Å². The second kappa shape index (κ2) is 5.35. The monoisotopic (exact) mass is 186 g/mol. The van der Waals surface area contributed by atoms with E-state index in [1.54, 1.807) is 0 Å². The summed E-state index contributed by atoms with van der Waals surface area (Å²) in [5.74, 6) is 0. The highest BCUT2D eigenvalue weighted by molar-refractivity contribution is 5.57. The molecule has 0 saturated heterocycles. The average molecular weight is 186 g/mol. The van der Waals surface area contributed by atoms with Crippen LogP contribution in [0.2, 0.25) is 0 Å². The van der Waals surface area contributed by atoms with Gasteiger partial charge in [-0.05, 0) is 47.8 Å². The maximum atomic E-state index is 10.7. The molecule has 0 rings (SSSR count). The Kier molecular flexibility index (Phi) is 5.18. The van der Waals surface area contributed by atoms with Crippen LogP contribution in [0.3, 0.4) is 0 Å². The van der Waals surface area contributed by atoms with Crippen LogP contribution in [0.15, 0.2) is 0 Å². The largest absolute Gasteiger partial charge is 0.309 e. The fourth-order valence-electron chi connectivity index (χ4n) is 1.13. The van der Waals surface area contributed by atoms with Crippen LogP contribution >= 0.6 is 0 Å². The van der Waals surface area contributed by atoms with E-state index in [-0.39, 0.29) is 11.6 Å². The molecular formula is C10H22N2O. The summed E-state index contributed by atoms with van der Waals surface area (Å²) < 4.78 is 0. The first-order chi connectivity index (χ1) is 5.85. The number of aldehydes is 1. The molecule has 3 heteroatoms. The molecule has 1 N–H and O–H groups in total. The maximum absolute atomic E-state index is 10.7. The molecule has 0 fully saturated rings. The third-order valence-corrected chi connectivity index (χ3v) is 1.67. The van der Waals surface area contributed by atoms with Crippen LogP contribution in [0.25, 0.3) is 0 Å². The highest BCUT2D eigenvalue weighted by atomic mass is 16.1. The number of nitrogens with one attached hydrogen (secondary N) is 1. The summed E-state index contributed by atoms with van der Waals surface area (Å²) in [6.07, 6.45) is 1.86. The predicted molar refractivity (Wildman–Crippen MR) is 55.9 cm³/mol. The van der Waals surface area contributed by atoms with Crippen LogP contribution in [-0.4, -0.2) is 43.4 Å². The molecule has 0 aromatic heterocycles. The van der Waals surface area contributed by atoms with Crippen LogP contribution < -0.4 is 5.32 Å². The third kappa shape index (κ3) is 7.94. The van der Waals surface area contributed by atoms with E-state index < -0.39 is 0 Å². The van der Waals surface area contributed by atoms with Crippen molar-refractivity contribution in [1.29, 1.82) is 0 Å². The second-order valence-corrected chi connectivity index (χ2v) is 4.73. The van der Waals surface area contributed by atoms with Gasteiger partial charge in [0.1, 0.15) is 6.29 Å². The summed E-state index contributed by atoms with van der Waals surface area (Å²) in [4.78, 5) is 12.8. The Morgan fingerprint density at radius 1 is 1.38 bits per heavy atom. The Morgan fingerprint density at radius 2 is 1.92 bits per heavy atom. The number of nitrogens with zero attached hydrogens (tertiary/aromatic N) is 1. The molecule has 78 valence electrons. The average Bonchev–Trinajstić information content (AvgIpc) is 1.95. The number of rotatable bonds is 5. The summed E-state index contributed by atoms with van der Waals surface area (Å²) >= 11 is 0. The van der Waals surface area contributed by atoms with Crippen molar-refractivity contribution in [2.75, 3.05) is 20.6 Å². The van der Waals surface area contributed by atoms with Crippen molar-refractivity contribution in [3.63, 3.8) is 0 Å². The van der Waals surface area contributed by atoms with E-state index in [2.05, 4.69) is 31.0 Å². The fraction of sp³-hybridized carbons (Fsp3) is 0.900. The van der Waals surface area contributed by atoms with Gasteiger partial charge in [0.15, 0.2) is 0 Å². The second-order valence-electron chi connectivity index (χ2n) is 4.73. The van der Waals surface area contributed by atoms with Gasteiger partial charge in [-0.25, -0.2) is 0 Å². The molecule has 1 unspecified atom stereocenters. The van der Waals surface area contributed by atoms with Gasteiger partial charge in [-0.1, -0.05) is 0 Å². The van der Waals surface area contributed by atoms with Gasteiger partial charge < -0.3 is 15.0 Å². The molecular weight excluding hydrogens is 164 g/mol. The Morgan fingerprint density at radius 3 is 2.23 bits per heavy atom. The van der Waals surface area contributed by atoms with Crippen LogP contribution in [0, 0.1) is 0 Å². The number of carbonyl (C=O) groups excluding carboxylic acids is 1. The Balaban J connectivity index is 3.83. The van der Waals surface area contributed by atoms with Crippen molar-refractivity contribution >= 4 is 6.29 Å². The topological polar surface area (TPSA) is 32.3 Å². The minimum absolute atomic E-state index is 0.0118. The normalized spacial score (nSPS) is 14.6. The lowest BCUT2D eigenvalue weighted by Crippen LogP contribution is -2.45. The summed E-state index contributed by atoms with van der Waals surface area (Å²) in [6, 6.07) is -0.0256. The van der Waals surface area contributed by atoms with Crippen LogP contribution in [-0.2, 0) is 4.79 Å². The standard InChI is InChI=1S/C10H22N2O/c1-10(2,3)11-9(8-13)6-7-12(4)5/h8-9,11H,6-7H2,1-5H3. The van der Waals surface area contributed by atoms with Gasteiger partial charge in [0, 0.05) is 5.54 Å². The lowest BCUT2D eigenvalue weighted by molar-refractivity contribution is -0.110. The molecule has 1 atom stereocenters. The van der Waals surface area contributed by atoms with E-state index in [1.807, 2.05) is 14.1 Å². The van der Waals surface area contributed by atoms with Crippen LogP contribution in [0.1, 0.15) is 27.2 Å². The van der Waals surface area contributed by atoms with Gasteiger partial charge in [0.25, 0.3) is 0 Å². The zero-order valence-electron chi connectivity index (χ0n) is 9.42. The molecule has 3 nitrogen and oxygen atoms in total. The van der Waals surface area contributed by atoms with Crippen LogP contribution in [0.4, 0.5) is 0 Å². The van der Waals surface area contributed by atoms with Crippen molar-refractivity contribution in [3.8, 4) is 0 Å². The van der Waals surface area contributed by atoms with Crippen molar-refractivity contribution in [3.05, 3.63) is 0 Å². The molecule has 0 heterocycles. The zero-order valence-corrected chi connectivity index (χ0v) is 9.42. The first-order valence-corrected chi connectivity index (χ1v) is 4.73. The van der Waals surface area contributed by atoms with E-state index in [0.29, 0.717) is 0 Å². The molecule has 0 aliphatic rings. The summed E-state index contributed by atoms with van der Waals surface area (Å²) in [6.45, 7) is 7.14. The van der Waals surface area contributed by atoms with Crippen molar-refractivity contribution in [1.82, 2.24) is 10.2 Å². The lowest BCUT2D eigenvalue weighted by Gasteiger charge is -2.25. The summed E-state index contributed by atoms with van der Waals surface area (Å²) in [5, 5.41) is 3.27. The van der Waals surface area contributed by atoms with E-state index in [9.17, 15) is 4.79 Å². The Bertz CT molecular complexity index is 149. The van der Waals surface area contributed by atoms with Gasteiger partial charge in [-0.2, -0.15) is 0 Å². The fourth-order valence-corrected chi connectivity index (χ4v) is 1.13. The van der Waals surface area contributed by atoms with Crippen LogP contribution in [0.5, 0.6) is 0 Å². The van der Waals surface area contributed by atoms with Gasteiger partial charge in [0.05, 0.1) is 6.04 Å². The molecule has 0 aliphatic heterocycles. The summed E-state index contributed by atoms with van der Waals surface area (Å²) in [5.41, 5.74) is 0.0118. The third-order valence-electron chi connectivity index (χ3n) is 1.67. The van der Waals surface area contributed by atoms with Crippen molar-refractivity contribution in [2.24, 2.45) is 0 Å². The van der Waals surface area contributed by atoms with Gasteiger partial charge in [0.2, 0.25) is 0 Å². The minimum atomic E-state index is -0.0256. The molecule has 0 saturated carbocycles. The predicted octanol–water partition coefficient (Wildman–Crippen LogP) is 0.894. The lowest BCUT2D eigenvalue weighted by atomic mass is 10.1. The SMILES string of the molecule is CN(C)CCC(C=O)NC(C)(C)C. The first-order valence-electron chi connectivity index (χ1n) is 4.73. The molecule has 13 heavy (non-hydrogen) atoms. The quantitative estimate of drug-likeness (QED) is 0.647. The van der Waals surface area contributed by atoms with E-state index >= 15 is 0 Å². The van der Waals surface area contributed by atoms with Crippen molar-refractivity contribution in [2.45, 2.75) is 38.8 Å².